The Morgan fingerprint density at radius 1 is 1.12 bits per heavy atom. The predicted molar refractivity (Wildman–Crippen MR) is 112 cm³/mol. The Kier molecular flexibility index (Phi) is 7.04. The van der Waals surface area contributed by atoms with Gasteiger partial charge in [-0.05, 0) is 50.3 Å². The Morgan fingerprint density at radius 2 is 1.73 bits per heavy atom. The lowest BCUT2D eigenvalue weighted by Crippen LogP contribution is -2.29. The van der Waals surface area contributed by atoms with Crippen LogP contribution in [0.5, 0.6) is 0 Å². The number of carbonyl (C=O) groups is 1. The van der Waals surface area contributed by atoms with Crippen molar-refractivity contribution in [2.75, 3.05) is 0 Å². The summed E-state index contributed by atoms with van der Waals surface area (Å²) < 4.78 is 0. The molecule has 4 heteroatoms. The fourth-order valence-corrected chi connectivity index (χ4v) is 3.65. The van der Waals surface area contributed by atoms with Crippen molar-refractivity contribution in [3.63, 3.8) is 0 Å². The van der Waals surface area contributed by atoms with Crippen molar-refractivity contribution in [2.24, 2.45) is 5.10 Å². The van der Waals surface area contributed by atoms with Gasteiger partial charge < -0.3 is 0 Å². The molecular weight excluding hydrogens is 340 g/mol. The van der Waals surface area contributed by atoms with E-state index >= 15 is 0 Å². The number of amides is 1. The number of hydrazone groups is 1. The van der Waals surface area contributed by atoms with Gasteiger partial charge in [0.05, 0.1) is 5.25 Å². The summed E-state index contributed by atoms with van der Waals surface area (Å²) in [7, 11) is 0. The summed E-state index contributed by atoms with van der Waals surface area (Å²) in [5.74, 6) is -0.0764. The number of nitrogens with one attached hydrogen (secondary N) is 1. The van der Waals surface area contributed by atoms with Gasteiger partial charge in [-0.3, -0.25) is 4.79 Å². The minimum absolute atomic E-state index is 0.0260. The van der Waals surface area contributed by atoms with Crippen LogP contribution in [0, 0.1) is 6.92 Å². The van der Waals surface area contributed by atoms with Crippen LogP contribution < -0.4 is 5.43 Å². The standard InChI is InChI=1S/C22H28N2OS/c1-16-11-13-20(14-12-16)26-18(3)21(25)24-23-17(2)15-22(4,5)19-9-7-6-8-10-19/h6-14,18H,15H2,1-5H3,(H,24,25)/b23-17-/t18-/m0/s1. The number of nitrogens with zero attached hydrogens (tertiary/aromatic N) is 1. The molecule has 1 N–H and O–H groups in total. The summed E-state index contributed by atoms with van der Waals surface area (Å²) in [6, 6.07) is 18.6. The monoisotopic (exact) mass is 368 g/mol. The minimum Gasteiger partial charge on any atom is -0.272 e. The maximum Gasteiger partial charge on any atom is 0.253 e. The first-order valence-corrected chi connectivity index (χ1v) is 9.78. The van der Waals surface area contributed by atoms with E-state index in [1.165, 1.54) is 11.1 Å². The largest absolute Gasteiger partial charge is 0.272 e. The van der Waals surface area contributed by atoms with E-state index in [4.69, 9.17) is 0 Å². The molecule has 0 heterocycles. The number of hydrogen-bond donors (Lipinski definition) is 1. The molecule has 2 rings (SSSR count). The molecule has 2 aromatic carbocycles. The first-order chi connectivity index (χ1) is 12.3. The lowest BCUT2D eigenvalue weighted by atomic mass is 9.80. The zero-order chi connectivity index (χ0) is 19.2. The van der Waals surface area contributed by atoms with Crippen molar-refractivity contribution in [1.82, 2.24) is 5.43 Å². The van der Waals surface area contributed by atoms with Gasteiger partial charge in [-0.2, -0.15) is 5.10 Å². The average Bonchev–Trinajstić information content (AvgIpc) is 2.62. The fourth-order valence-electron chi connectivity index (χ4n) is 2.79. The minimum atomic E-state index is -0.198. The quantitative estimate of drug-likeness (QED) is 0.407. The van der Waals surface area contributed by atoms with Crippen LogP contribution in [0.15, 0.2) is 64.6 Å². The SMILES string of the molecule is C/C(CC(C)(C)c1ccccc1)=N/NC(=O)[C@H](C)Sc1ccc(C)cc1. The third-order valence-electron chi connectivity index (χ3n) is 4.31. The molecule has 138 valence electrons. The molecule has 3 nitrogen and oxygen atoms in total. The second-order valence-corrected chi connectivity index (χ2v) is 8.74. The van der Waals surface area contributed by atoms with Gasteiger partial charge in [0, 0.05) is 10.6 Å². The maximum absolute atomic E-state index is 12.3. The van der Waals surface area contributed by atoms with Crippen LogP contribution in [-0.4, -0.2) is 16.9 Å². The van der Waals surface area contributed by atoms with Gasteiger partial charge in [0.25, 0.3) is 5.91 Å². The molecule has 0 unspecified atom stereocenters. The summed E-state index contributed by atoms with van der Waals surface area (Å²) in [5.41, 5.74) is 6.09. The lowest BCUT2D eigenvalue weighted by molar-refractivity contribution is -0.120. The van der Waals surface area contributed by atoms with E-state index < -0.39 is 0 Å². The Balaban J connectivity index is 1.90. The van der Waals surface area contributed by atoms with Crippen molar-refractivity contribution in [3.05, 3.63) is 65.7 Å². The van der Waals surface area contributed by atoms with E-state index in [0.29, 0.717) is 0 Å². The average molecular weight is 369 g/mol. The smallest absolute Gasteiger partial charge is 0.253 e. The number of thioether (sulfide) groups is 1. The Bertz CT molecular complexity index is 751. The number of hydrogen-bond acceptors (Lipinski definition) is 3. The number of rotatable bonds is 7. The lowest BCUT2D eigenvalue weighted by Gasteiger charge is -2.25. The molecule has 2 aromatic rings. The molecular formula is C22H28N2OS. The van der Waals surface area contributed by atoms with Gasteiger partial charge in [-0.1, -0.05) is 61.9 Å². The molecule has 0 aromatic heterocycles. The molecule has 1 atom stereocenters. The highest BCUT2D eigenvalue weighted by atomic mass is 32.2. The Morgan fingerprint density at radius 3 is 2.35 bits per heavy atom. The number of aryl methyl sites for hydroxylation is 1. The molecule has 0 aliphatic heterocycles. The predicted octanol–water partition coefficient (Wildman–Crippen LogP) is 5.34. The summed E-state index contributed by atoms with van der Waals surface area (Å²) in [4.78, 5) is 13.4. The zero-order valence-corrected chi connectivity index (χ0v) is 17.1. The molecule has 0 aliphatic rings. The first-order valence-electron chi connectivity index (χ1n) is 8.90. The van der Waals surface area contributed by atoms with Crippen molar-refractivity contribution in [1.29, 1.82) is 0 Å². The van der Waals surface area contributed by atoms with Crippen molar-refractivity contribution in [2.45, 2.75) is 56.6 Å². The van der Waals surface area contributed by atoms with Crippen LogP contribution in [0.4, 0.5) is 0 Å². The molecule has 0 aliphatic carbocycles. The highest BCUT2D eigenvalue weighted by Gasteiger charge is 2.21. The van der Waals surface area contributed by atoms with Crippen molar-refractivity contribution >= 4 is 23.4 Å². The summed E-state index contributed by atoms with van der Waals surface area (Å²) in [6.45, 7) is 10.3. The van der Waals surface area contributed by atoms with E-state index in [1.807, 2.05) is 32.0 Å². The molecule has 0 bridgehead atoms. The molecule has 1 amide bonds. The van der Waals surface area contributed by atoms with Crippen molar-refractivity contribution < 1.29 is 4.79 Å². The Labute approximate surface area is 161 Å². The number of benzene rings is 2. The first kappa shape index (κ1) is 20.2. The fraction of sp³-hybridized carbons (Fsp3) is 0.364. The summed E-state index contributed by atoms with van der Waals surface area (Å²) in [6.07, 6.45) is 0.788. The Hall–Kier alpha value is -2.07. The molecule has 0 radical (unpaired) electrons. The van der Waals surface area contributed by atoms with Crippen LogP contribution in [0.2, 0.25) is 0 Å². The van der Waals surface area contributed by atoms with Crippen LogP contribution in [0.3, 0.4) is 0 Å². The van der Waals surface area contributed by atoms with Gasteiger partial charge in [-0.25, -0.2) is 5.43 Å². The maximum atomic E-state index is 12.3. The van der Waals surface area contributed by atoms with Crippen LogP contribution in [-0.2, 0) is 10.2 Å². The van der Waals surface area contributed by atoms with E-state index in [2.05, 4.69) is 67.7 Å². The highest BCUT2D eigenvalue weighted by Crippen LogP contribution is 2.27. The van der Waals surface area contributed by atoms with Crippen LogP contribution in [0.1, 0.15) is 45.2 Å². The van der Waals surface area contributed by atoms with Gasteiger partial charge >= 0.3 is 0 Å². The van der Waals surface area contributed by atoms with E-state index in [-0.39, 0.29) is 16.6 Å². The van der Waals surface area contributed by atoms with Crippen LogP contribution >= 0.6 is 11.8 Å². The van der Waals surface area contributed by atoms with Crippen LogP contribution in [0.25, 0.3) is 0 Å². The van der Waals surface area contributed by atoms with Gasteiger partial charge in [0.2, 0.25) is 0 Å². The van der Waals surface area contributed by atoms with Gasteiger partial charge in [0.1, 0.15) is 0 Å². The molecule has 0 saturated heterocycles. The van der Waals surface area contributed by atoms with Crippen molar-refractivity contribution in [3.8, 4) is 0 Å². The van der Waals surface area contributed by atoms with Gasteiger partial charge in [0.15, 0.2) is 0 Å². The second kappa shape index (κ2) is 9.04. The normalized spacial score (nSPS) is 13.3. The third-order valence-corrected chi connectivity index (χ3v) is 5.43. The molecule has 0 fully saturated rings. The molecule has 0 spiro atoms. The second-order valence-electron chi connectivity index (χ2n) is 7.32. The van der Waals surface area contributed by atoms with E-state index in [9.17, 15) is 4.79 Å². The highest BCUT2D eigenvalue weighted by molar-refractivity contribution is 8.00. The topological polar surface area (TPSA) is 41.5 Å². The van der Waals surface area contributed by atoms with Gasteiger partial charge in [-0.15, -0.1) is 11.8 Å². The zero-order valence-electron chi connectivity index (χ0n) is 16.2. The number of carbonyl (C=O) groups excluding carboxylic acids is 1. The summed E-state index contributed by atoms with van der Waals surface area (Å²) in [5, 5.41) is 4.12. The van der Waals surface area contributed by atoms with E-state index in [0.717, 1.165) is 17.0 Å². The van der Waals surface area contributed by atoms with E-state index in [1.54, 1.807) is 11.8 Å². The molecule has 0 saturated carbocycles. The molecule has 26 heavy (non-hydrogen) atoms. The third kappa shape index (κ3) is 6.03. The summed E-state index contributed by atoms with van der Waals surface area (Å²) >= 11 is 1.54.